The van der Waals surface area contributed by atoms with Crippen molar-refractivity contribution in [3.05, 3.63) is 46.6 Å². The Morgan fingerprint density at radius 1 is 1.31 bits per heavy atom. The summed E-state index contributed by atoms with van der Waals surface area (Å²) in [6.07, 6.45) is 1.99. The summed E-state index contributed by atoms with van der Waals surface area (Å²) in [5.41, 5.74) is 2.25. The molecule has 2 N–H and O–H groups in total. The van der Waals surface area contributed by atoms with Crippen molar-refractivity contribution in [2.75, 3.05) is 20.0 Å². The summed E-state index contributed by atoms with van der Waals surface area (Å²) in [6.45, 7) is 2.12. The van der Waals surface area contributed by atoms with Gasteiger partial charge in [0.25, 0.3) is 4.67 Å². The number of rotatable bonds is 5. The van der Waals surface area contributed by atoms with Gasteiger partial charge in [-0.15, -0.1) is 11.8 Å². The first-order valence-electron chi connectivity index (χ1n) is 7.28. The summed E-state index contributed by atoms with van der Waals surface area (Å²) >= 11 is 3.02. The molecule has 26 heavy (non-hydrogen) atoms. The average molecular weight is 418 g/mol. The van der Waals surface area contributed by atoms with Crippen LogP contribution >= 0.6 is 23.1 Å². The maximum atomic E-state index is 12.2. The largest absolute Gasteiger partial charge is 0.726 e. The van der Waals surface area contributed by atoms with E-state index in [9.17, 15) is 17.8 Å². The number of hydrogen-bond acceptors (Lipinski definition) is 8. The van der Waals surface area contributed by atoms with E-state index in [2.05, 4.69) is 4.18 Å². The smallest absolute Gasteiger partial charge is 0.346 e. The number of carbonyl (C=O) groups is 1. The van der Waals surface area contributed by atoms with Gasteiger partial charge in [0.2, 0.25) is 10.4 Å². The predicted molar refractivity (Wildman–Crippen MR) is 99.3 cm³/mol. The second-order valence-electron chi connectivity index (χ2n) is 4.58. The molecule has 0 aliphatic rings. The highest BCUT2D eigenvalue weighted by Crippen LogP contribution is 2.28. The number of benzene rings is 1. The first-order chi connectivity index (χ1) is 12.2. The van der Waals surface area contributed by atoms with Crippen molar-refractivity contribution in [3.63, 3.8) is 0 Å². The molecule has 142 valence electrons. The number of hydrogen-bond donors (Lipinski definition) is 1. The molecule has 1 heterocycles. The van der Waals surface area contributed by atoms with Crippen molar-refractivity contribution in [1.29, 1.82) is 0 Å². The SMILES string of the molecule is CCOC(=O)c1c(-c2ccccc2)cc(SC)sc1=[NH2+].COS(=O)(=O)[O-]. The fourth-order valence-electron chi connectivity index (χ4n) is 1.87. The Hall–Kier alpha value is -1.72. The summed E-state index contributed by atoms with van der Waals surface area (Å²) in [4.78, 5) is 12.2. The van der Waals surface area contributed by atoms with E-state index in [0.29, 0.717) is 16.8 Å². The first-order valence-corrected chi connectivity index (χ1v) is 10.7. The summed E-state index contributed by atoms with van der Waals surface area (Å²) in [7, 11) is -3.60. The molecular formula is C16H19NO6S3. The molecule has 2 rings (SSSR count). The van der Waals surface area contributed by atoms with Crippen LogP contribution in [-0.4, -0.2) is 38.9 Å². The molecule has 0 radical (unpaired) electrons. The van der Waals surface area contributed by atoms with Crippen LogP contribution in [0.15, 0.2) is 40.6 Å². The maximum Gasteiger partial charge on any atom is 0.346 e. The standard InChI is InChI=1S/C15H15NO2S2.CH4O4S/c1-3-18-15(17)13-11(10-7-5-4-6-8-10)9-12(19-2)20-14(13)16;1-5-6(2,3)4/h4-9,16H,3H2,1-2H3;1H3,(H,2,3,4). The van der Waals surface area contributed by atoms with Crippen molar-refractivity contribution in [3.8, 4) is 11.1 Å². The van der Waals surface area contributed by atoms with Gasteiger partial charge in [-0.3, -0.25) is 4.18 Å². The molecule has 0 saturated carbocycles. The molecular weight excluding hydrogens is 398 g/mol. The van der Waals surface area contributed by atoms with Gasteiger partial charge >= 0.3 is 5.97 Å². The van der Waals surface area contributed by atoms with Gasteiger partial charge in [-0.1, -0.05) is 41.7 Å². The molecule has 1 aromatic heterocycles. The summed E-state index contributed by atoms with van der Waals surface area (Å²) in [6, 6.07) is 11.7. The van der Waals surface area contributed by atoms with Crippen LogP contribution in [0.1, 0.15) is 17.3 Å². The van der Waals surface area contributed by atoms with Crippen LogP contribution in [0.2, 0.25) is 0 Å². The van der Waals surface area contributed by atoms with Crippen LogP contribution in [0.3, 0.4) is 0 Å². The maximum absolute atomic E-state index is 12.2. The van der Waals surface area contributed by atoms with E-state index in [1.165, 1.54) is 11.3 Å². The minimum Gasteiger partial charge on any atom is -0.726 e. The lowest BCUT2D eigenvalue weighted by Gasteiger charge is -2.08. The van der Waals surface area contributed by atoms with E-state index >= 15 is 0 Å². The van der Waals surface area contributed by atoms with E-state index in [-0.39, 0.29) is 5.97 Å². The van der Waals surface area contributed by atoms with Crippen molar-refractivity contribution < 1.29 is 32.1 Å². The Kier molecular flexibility index (Phi) is 8.96. The minimum absolute atomic E-state index is 0.335. The van der Waals surface area contributed by atoms with Crippen molar-refractivity contribution in [1.82, 2.24) is 0 Å². The Balaban J connectivity index is 0.000000487. The lowest BCUT2D eigenvalue weighted by molar-refractivity contribution is -0.167. The molecule has 0 atom stereocenters. The molecule has 7 nitrogen and oxygen atoms in total. The highest BCUT2D eigenvalue weighted by Gasteiger charge is 2.20. The fraction of sp³-hybridized carbons (Fsp3) is 0.250. The molecule has 0 aliphatic heterocycles. The summed E-state index contributed by atoms with van der Waals surface area (Å²) in [5, 5.41) is 6.07. The number of ether oxygens (including phenoxy) is 1. The third-order valence-corrected chi connectivity index (χ3v) is 5.38. The van der Waals surface area contributed by atoms with Gasteiger partial charge in [-0.2, -0.15) is 0 Å². The lowest BCUT2D eigenvalue weighted by atomic mass is 10.0. The van der Waals surface area contributed by atoms with Gasteiger partial charge in [-0.05, 0) is 24.8 Å². The Morgan fingerprint density at radius 3 is 2.35 bits per heavy atom. The Labute approximate surface area is 160 Å². The molecule has 0 saturated heterocycles. The van der Waals surface area contributed by atoms with Gasteiger partial charge in [-0.25, -0.2) is 18.6 Å². The van der Waals surface area contributed by atoms with E-state index in [0.717, 1.165) is 22.4 Å². The normalized spacial score (nSPS) is 10.6. The molecule has 10 heteroatoms. The second kappa shape index (κ2) is 10.4. The van der Waals surface area contributed by atoms with E-state index in [1.54, 1.807) is 18.7 Å². The van der Waals surface area contributed by atoms with Crippen LogP contribution < -0.4 is 10.1 Å². The van der Waals surface area contributed by atoms with Crippen molar-refractivity contribution in [2.24, 2.45) is 0 Å². The third kappa shape index (κ3) is 6.89. The molecule has 1 aromatic carbocycles. The van der Waals surface area contributed by atoms with E-state index in [4.69, 9.17) is 10.1 Å². The van der Waals surface area contributed by atoms with E-state index < -0.39 is 10.4 Å². The van der Waals surface area contributed by atoms with Crippen LogP contribution in [-0.2, 0) is 19.3 Å². The minimum atomic E-state index is -4.41. The van der Waals surface area contributed by atoms with E-state index in [1.807, 2.05) is 42.7 Å². The van der Waals surface area contributed by atoms with Crippen LogP contribution in [0, 0.1) is 0 Å². The molecule has 0 spiro atoms. The Bertz CT molecular complexity index is 894. The highest BCUT2D eigenvalue weighted by atomic mass is 32.3. The quantitative estimate of drug-likeness (QED) is 0.334. The van der Waals surface area contributed by atoms with Crippen LogP contribution in [0.5, 0.6) is 0 Å². The zero-order chi connectivity index (χ0) is 19.7. The Morgan fingerprint density at radius 2 is 1.88 bits per heavy atom. The van der Waals surface area contributed by atoms with Crippen LogP contribution in [0.25, 0.3) is 11.1 Å². The molecule has 0 aliphatic carbocycles. The van der Waals surface area contributed by atoms with Gasteiger partial charge in [0.1, 0.15) is 5.56 Å². The zero-order valence-electron chi connectivity index (χ0n) is 14.4. The molecule has 0 amide bonds. The third-order valence-electron chi connectivity index (χ3n) is 2.96. The molecule has 0 unspecified atom stereocenters. The number of thioether (sulfide) groups is 1. The zero-order valence-corrected chi connectivity index (χ0v) is 16.9. The molecule has 2 aromatic rings. The molecule has 0 fully saturated rings. The highest BCUT2D eigenvalue weighted by molar-refractivity contribution is 8.00. The van der Waals surface area contributed by atoms with Gasteiger partial charge in [0, 0.05) is 5.56 Å². The second-order valence-corrected chi connectivity index (χ2v) is 7.92. The monoisotopic (exact) mass is 417 g/mol. The molecule has 0 bridgehead atoms. The number of carbonyl (C=O) groups excluding carboxylic acids is 1. The number of nitrogens with two attached hydrogens (primary N) is 1. The van der Waals surface area contributed by atoms with Gasteiger partial charge in [0.15, 0.2) is 0 Å². The average Bonchev–Trinajstić information content (AvgIpc) is 2.61. The first kappa shape index (κ1) is 22.3. The van der Waals surface area contributed by atoms with Crippen molar-refractivity contribution >= 4 is 39.5 Å². The van der Waals surface area contributed by atoms with Crippen LogP contribution in [0.4, 0.5) is 0 Å². The fourth-order valence-corrected chi connectivity index (χ4v) is 3.40. The van der Waals surface area contributed by atoms with Gasteiger partial charge < -0.3 is 9.29 Å². The predicted octanol–water partition coefficient (Wildman–Crippen LogP) is 1.07. The summed E-state index contributed by atoms with van der Waals surface area (Å²) in [5.74, 6) is -0.368. The topological polar surface area (TPSA) is 118 Å². The number of esters is 1. The lowest BCUT2D eigenvalue weighted by Crippen LogP contribution is -2.46. The summed E-state index contributed by atoms with van der Waals surface area (Å²) < 4.78 is 37.7. The van der Waals surface area contributed by atoms with Crippen molar-refractivity contribution in [2.45, 2.75) is 11.1 Å². The van der Waals surface area contributed by atoms with Gasteiger partial charge in [0.05, 0.1) is 17.9 Å².